The number of piperidine rings is 1. The summed E-state index contributed by atoms with van der Waals surface area (Å²) in [7, 11) is -3.49. The molecule has 26 heavy (non-hydrogen) atoms. The van der Waals surface area contributed by atoms with Crippen LogP contribution in [-0.4, -0.2) is 58.3 Å². The van der Waals surface area contributed by atoms with Gasteiger partial charge in [0.15, 0.2) is 0 Å². The molecule has 2 aliphatic heterocycles. The summed E-state index contributed by atoms with van der Waals surface area (Å²) in [5.74, 6) is 1.10. The zero-order valence-electron chi connectivity index (χ0n) is 15.3. The minimum absolute atomic E-state index is 0.164. The van der Waals surface area contributed by atoms with Gasteiger partial charge in [-0.2, -0.15) is 4.31 Å². The number of sulfonamides is 1. The highest BCUT2D eigenvalue weighted by atomic mass is 32.2. The van der Waals surface area contributed by atoms with Crippen molar-refractivity contribution in [3.05, 3.63) is 42.2 Å². The fourth-order valence-electron chi connectivity index (χ4n) is 4.44. The lowest BCUT2D eigenvalue weighted by molar-refractivity contribution is 0.00930. The van der Waals surface area contributed by atoms with E-state index >= 15 is 0 Å². The van der Waals surface area contributed by atoms with Crippen molar-refractivity contribution in [3.8, 4) is 0 Å². The Labute approximate surface area is 154 Å². The summed E-state index contributed by atoms with van der Waals surface area (Å²) in [6, 6.07) is 3.28. The largest absolute Gasteiger partial charge is 0.329 e. The molecule has 140 valence electrons. The van der Waals surface area contributed by atoms with Gasteiger partial charge in [-0.15, -0.1) is 0 Å². The Kier molecular flexibility index (Phi) is 4.37. The predicted molar refractivity (Wildman–Crippen MR) is 98.1 cm³/mol. The first-order chi connectivity index (χ1) is 12.5. The Bertz CT molecular complexity index is 886. The highest BCUT2D eigenvalue weighted by molar-refractivity contribution is 7.89. The molecule has 7 nitrogen and oxygen atoms in total. The van der Waals surface area contributed by atoms with Crippen molar-refractivity contribution in [2.75, 3.05) is 26.2 Å². The Morgan fingerprint density at radius 3 is 2.58 bits per heavy atom. The molecule has 0 N–H and O–H groups in total. The van der Waals surface area contributed by atoms with Crippen molar-refractivity contribution in [1.82, 2.24) is 23.7 Å². The van der Waals surface area contributed by atoms with Crippen molar-refractivity contribution in [3.63, 3.8) is 0 Å². The Hall–Kier alpha value is -1.77. The highest BCUT2D eigenvalue weighted by Gasteiger charge is 2.47. The number of hydrogen-bond acceptors (Lipinski definition) is 5. The summed E-state index contributed by atoms with van der Waals surface area (Å²) in [6.07, 6.45) is 6.48. The van der Waals surface area contributed by atoms with Gasteiger partial charge in [-0.3, -0.25) is 9.88 Å². The number of fused-ring (bicyclic) bond motifs is 2. The van der Waals surface area contributed by atoms with Gasteiger partial charge in [0.1, 0.15) is 10.7 Å². The molecule has 2 aromatic rings. The fourth-order valence-corrected chi connectivity index (χ4v) is 5.84. The van der Waals surface area contributed by atoms with Crippen molar-refractivity contribution < 1.29 is 8.42 Å². The summed E-state index contributed by atoms with van der Waals surface area (Å²) < 4.78 is 29.7. The lowest BCUT2D eigenvalue weighted by Crippen LogP contribution is -2.58. The zero-order chi connectivity index (χ0) is 18.4. The van der Waals surface area contributed by atoms with Gasteiger partial charge in [0.25, 0.3) is 0 Å². The first-order valence-electron chi connectivity index (χ1n) is 9.17. The predicted octanol–water partition coefficient (Wildman–Crippen LogP) is 1.60. The monoisotopic (exact) mass is 375 g/mol. The van der Waals surface area contributed by atoms with E-state index in [2.05, 4.69) is 28.3 Å². The number of imidazole rings is 1. The van der Waals surface area contributed by atoms with Crippen LogP contribution in [-0.2, 0) is 22.1 Å². The van der Waals surface area contributed by atoms with Crippen LogP contribution in [0.4, 0.5) is 0 Å². The van der Waals surface area contributed by atoms with Crippen LogP contribution in [0.2, 0.25) is 0 Å². The third-order valence-electron chi connectivity index (χ3n) is 5.87. The number of rotatable bonds is 3. The number of pyridine rings is 1. The standard InChI is InChI=1S/C18H25N5O2S/c1-3-21-11-12-23-15(2)13-20-17(23)18(21)6-9-22(10-7-18)26(24,25)16-5-4-8-19-14-16/h4-5,8,13-14H,3,6-7,9-12H2,1-2H3. The molecule has 0 bridgehead atoms. The SMILES string of the molecule is CCN1CCn2c(C)cnc2C12CCN(S(=O)(=O)c1cccnc1)CC2. The summed E-state index contributed by atoms with van der Waals surface area (Å²) in [6.45, 7) is 8.14. The second-order valence-electron chi connectivity index (χ2n) is 7.08. The zero-order valence-corrected chi connectivity index (χ0v) is 16.1. The van der Waals surface area contributed by atoms with Crippen LogP contribution in [0.5, 0.6) is 0 Å². The maximum atomic E-state index is 12.9. The van der Waals surface area contributed by atoms with E-state index in [0.29, 0.717) is 13.1 Å². The lowest BCUT2D eigenvalue weighted by Gasteiger charge is -2.50. The average molecular weight is 375 g/mol. The summed E-state index contributed by atoms with van der Waals surface area (Å²) in [5.41, 5.74) is 1.02. The summed E-state index contributed by atoms with van der Waals surface area (Å²) in [5, 5.41) is 0. The van der Waals surface area contributed by atoms with Crippen LogP contribution in [0.15, 0.2) is 35.6 Å². The molecule has 1 saturated heterocycles. The van der Waals surface area contributed by atoms with Crippen LogP contribution in [0.1, 0.15) is 31.3 Å². The minimum Gasteiger partial charge on any atom is -0.329 e. The van der Waals surface area contributed by atoms with Crippen LogP contribution in [0.3, 0.4) is 0 Å². The van der Waals surface area contributed by atoms with Gasteiger partial charge in [0.05, 0.1) is 5.54 Å². The maximum absolute atomic E-state index is 12.9. The third-order valence-corrected chi connectivity index (χ3v) is 7.76. The summed E-state index contributed by atoms with van der Waals surface area (Å²) in [4.78, 5) is 11.4. The van der Waals surface area contributed by atoms with Gasteiger partial charge in [-0.1, -0.05) is 6.92 Å². The Morgan fingerprint density at radius 1 is 1.15 bits per heavy atom. The molecule has 0 saturated carbocycles. The number of hydrogen-bond donors (Lipinski definition) is 0. The number of likely N-dealkylation sites (N-methyl/N-ethyl adjacent to an activating group) is 1. The molecular weight excluding hydrogens is 350 g/mol. The van der Waals surface area contributed by atoms with Gasteiger partial charge in [-0.25, -0.2) is 13.4 Å². The van der Waals surface area contributed by atoms with Gasteiger partial charge in [0.2, 0.25) is 10.0 Å². The van der Waals surface area contributed by atoms with Gasteiger partial charge in [-0.05, 0) is 38.4 Å². The maximum Gasteiger partial charge on any atom is 0.244 e. The quantitative estimate of drug-likeness (QED) is 0.815. The molecule has 0 aromatic carbocycles. The van der Waals surface area contributed by atoms with E-state index in [0.717, 1.165) is 38.3 Å². The molecule has 1 fully saturated rings. The smallest absolute Gasteiger partial charge is 0.244 e. The normalized spacial score (nSPS) is 21.0. The number of nitrogens with zero attached hydrogens (tertiary/aromatic N) is 5. The van der Waals surface area contributed by atoms with Gasteiger partial charge in [0, 0.05) is 50.5 Å². The third kappa shape index (κ3) is 2.59. The molecule has 0 aliphatic carbocycles. The van der Waals surface area contributed by atoms with E-state index in [1.165, 1.54) is 11.9 Å². The van der Waals surface area contributed by atoms with Crippen LogP contribution in [0.25, 0.3) is 0 Å². The molecule has 0 amide bonds. The van der Waals surface area contributed by atoms with Crippen molar-refractivity contribution >= 4 is 10.0 Å². The van der Waals surface area contributed by atoms with Crippen LogP contribution in [0, 0.1) is 6.92 Å². The molecule has 1 spiro atoms. The van der Waals surface area contributed by atoms with Gasteiger partial charge >= 0.3 is 0 Å². The van der Waals surface area contributed by atoms with E-state index in [1.54, 1.807) is 22.6 Å². The molecule has 4 rings (SSSR count). The highest BCUT2D eigenvalue weighted by Crippen LogP contribution is 2.41. The topological polar surface area (TPSA) is 71.3 Å². The average Bonchev–Trinajstić information content (AvgIpc) is 3.05. The Balaban J connectivity index is 1.63. The molecule has 0 atom stereocenters. The summed E-state index contributed by atoms with van der Waals surface area (Å²) >= 11 is 0. The van der Waals surface area contributed by atoms with Crippen LogP contribution >= 0.6 is 0 Å². The van der Waals surface area contributed by atoms with E-state index in [-0.39, 0.29) is 10.4 Å². The number of aryl methyl sites for hydroxylation is 1. The molecule has 0 unspecified atom stereocenters. The van der Waals surface area contributed by atoms with Gasteiger partial charge < -0.3 is 4.57 Å². The van der Waals surface area contributed by atoms with E-state index in [1.807, 2.05) is 6.20 Å². The minimum atomic E-state index is -3.49. The van der Waals surface area contributed by atoms with E-state index in [4.69, 9.17) is 4.98 Å². The molecule has 8 heteroatoms. The molecule has 2 aromatic heterocycles. The fraction of sp³-hybridized carbons (Fsp3) is 0.556. The Morgan fingerprint density at radius 2 is 1.92 bits per heavy atom. The first-order valence-corrected chi connectivity index (χ1v) is 10.6. The first kappa shape index (κ1) is 17.6. The second-order valence-corrected chi connectivity index (χ2v) is 9.02. The van der Waals surface area contributed by atoms with Crippen molar-refractivity contribution in [1.29, 1.82) is 0 Å². The number of aromatic nitrogens is 3. The molecule has 4 heterocycles. The molecule has 0 radical (unpaired) electrons. The molecule has 2 aliphatic rings. The van der Waals surface area contributed by atoms with E-state index in [9.17, 15) is 8.42 Å². The van der Waals surface area contributed by atoms with E-state index < -0.39 is 10.0 Å². The molecular formula is C18H25N5O2S. The van der Waals surface area contributed by atoms with Crippen molar-refractivity contribution in [2.45, 2.75) is 43.7 Å². The van der Waals surface area contributed by atoms with Crippen molar-refractivity contribution in [2.24, 2.45) is 0 Å². The second kappa shape index (κ2) is 6.44. The van der Waals surface area contributed by atoms with Crippen LogP contribution < -0.4 is 0 Å². The lowest BCUT2D eigenvalue weighted by atomic mass is 9.84.